The van der Waals surface area contributed by atoms with Crippen LogP contribution in [0.25, 0.3) is 0 Å². The van der Waals surface area contributed by atoms with E-state index in [9.17, 15) is 5.11 Å². The molecule has 0 aromatic rings. The normalized spacial score (nSPS) is 40.8. The van der Waals surface area contributed by atoms with Gasteiger partial charge in [-0.3, -0.25) is 0 Å². The van der Waals surface area contributed by atoms with E-state index >= 15 is 0 Å². The van der Waals surface area contributed by atoms with Gasteiger partial charge in [0.1, 0.15) is 0 Å². The van der Waals surface area contributed by atoms with Crippen LogP contribution in [-0.4, -0.2) is 37.5 Å². The van der Waals surface area contributed by atoms with E-state index in [1.165, 1.54) is 12.8 Å². The van der Waals surface area contributed by atoms with Crippen molar-refractivity contribution in [1.29, 1.82) is 0 Å². The van der Waals surface area contributed by atoms with Crippen LogP contribution >= 0.6 is 0 Å². The zero-order valence-electron chi connectivity index (χ0n) is 8.04. The average Bonchev–Trinajstić information content (AvgIpc) is 2.54. The third kappa shape index (κ3) is 2.42. The minimum atomic E-state index is -0.123. The summed E-state index contributed by atoms with van der Waals surface area (Å²) >= 11 is 0. The predicted octanol–water partition coefficient (Wildman–Crippen LogP) is 0.383. The third-order valence-electron chi connectivity index (χ3n) is 3.19. The highest BCUT2D eigenvalue weighted by molar-refractivity contribution is 4.82. The van der Waals surface area contributed by atoms with Crippen molar-refractivity contribution in [2.24, 2.45) is 11.8 Å². The van der Waals surface area contributed by atoms with Crippen molar-refractivity contribution >= 4 is 0 Å². The first-order chi connectivity index (χ1) is 6.36. The fraction of sp³-hybridized carbons (Fsp3) is 1.00. The van der Waals surface area contributed by atoms with Crippen LogP contribution < -0.4 is 5.32 Å². The van der Waals surface area contributed by atoms with Crippen molar-refractivity contribution in [3.63, 3.8) is 0 Å². The number of β-amino-alcohol motifs (C(OH)–C–C–N with tert-alkyl or cyclic N) is 1. The molecule has 13 heavy (non-hydrogen) atoms. The van der Waals surface area contributed by atoms with E-state index in [1.54, 1.807) is 0 Å². The van der Waals surface area contributed by atoms with Crippen molar-refractivity contribution in [2.45, 2.75) is 25.4 Å². The van der Waals surface area contributed by atoms with Gasteiger partial charge in [-0.15, -0.1) is 0 Å². The summed E-state index contributed by atoms with van der Waals surface area (Å²) in [5.41, 5.74) is 0. The Kier molecular flexibility index (Phi) is 3.19. The molecule has 0 saturated carbocycles. The molecule has 2 rings (SSSR count). The van der Waals surface area contributed by atoms with E-state index in [4.69, 9.17) is 4.74 Å². The van der Waals surface area contributed by atoms with Crippen molar-refractivity contribution in [3.05, 3.63) is 0 Å². The molecule has 0 amide bonds. The van der Waals surface area contributed by atoms with E-state index in [0.29, 0.717) is 11.8 Å². The van der Waals surface area contributed by atoms with Crippen molar-refractivity contribution in [2.75, 3.05) is 26.3 Å². The topological polar surface area (TPSA) is 41.5 Å². The number of ether oxygens (including phenoxy) is 1. The van der Waals surface area contributed by atoms with Gasteiger partial charge in [-0.2, -0.15) is 0 Å². The maximum absolute atomic E-state index is 9.62. The number of nitrogens with one attached hydrogen (secondary N) is 1. The van der Waals surface area contributed by atoms with Crippen LogP contribution in [-0.2, 0) is 4.74 Å². The third-order valence-corrected chi connectivity index (χ3v) is 3.19. The molecule has 0 spiro atoms. The lowest BCUT2D eigenvalue weighted by Gasteiger charge is -2.25. The van der Waals surface area contributed by atoms with Gasteiger partial charge in [-0.1, -0.05) is 0 Å². The van der Waals surface area contributed by atoms with Gasteiger partial charge in [0.15, 0.2) is 0 Å². The quantitative estimate of drug-likeness (QED) is 0.653. The Hall–Kier alpha value is -0.120. The van der Waals surface area contributed by atoms with Crippen LogP contribution in [0, 0.1) is 11.8 Å². The van der Waals surface area contributed by atoms with Crippen molar-refractivity contribution in [3.8, 4) is 0 Å². The summed E-state index contributed by atoms with van der Waals surface area (Å²) in [6.45, 7) is 3.60. The number of hydrogen-bond acceptors (Lipinski definition) is 3. The summed E-state index contributed by atoms with van der Waals surface area (Å²) in [5, 5.41) is 12.8. The molecule has 2 aliphatic heterocycles. The lowest BCUT2D eigenvalue weighted by molar-refractivity contribution is 0.0354. The highest BCUT2D eigenvalue weighted by Gasteiger charge is 2.28. The molecule has 0 aromatic heterocycles. The first-order valence-corrected chi connectivity index (χ1v) is 5.33. The first-order valence-electron chi connectivity index (χ1n) is 5.33. The number of aliphatic hydroxyl groups is 1. The Labute approximate surface area is 79.5 Å². The van der Waals surface area contributed by atoms with Gasteiger partial charge in [0.2, 0.25) is 0 Å². The fourth-order valence-corrected chi connectivity index (χ4v) is 2.38. The van der Waals surface area contributed by atoms with E-state index in [-0.39, 0.29) is 6.10 Å². The molecular weight excluding hydrogens is 166 g/mol. The Morgan fingerprint density at radius 2 is 2.31 bits per heavy atom. The van der Waals surface area contributed by atoms with E-state index in [1.807, 2.05) is 0 Å². The zero-order chi connectivity index (χ0) is 9.10. The summed E-state index contributed by atoms with van der Waals surface area (Å²) in [6, 6.07) is 0. The van der Waals surface area contributed by atoms with Gasteiger partial charge in [0, 0.05) is 26.3 Å². The Bertz CT molecular complexity index is 157. The van der Waals surface area contributed by atoms with Crippen LogP contribution in [0.4, 0.5) is 0 Å². The Morgan fingerprint density at radius 3 is 2.92 bits per heavy atom. The molecule has 2 N–H and O–H groups in total. The summed E-state index contributed by atoms with van der Waals surface area (Å²) in [6.07, 6.45) is 3.49. The first kappa shape index (κ1) is 9.44. The van der Waals surface area contributed by atoms with Gasteiger partial charge in [0.05, 0.1) is 6.10 Å². The minimum absolute atomic E-state index is 0.123. The van der Waals surface area contributed by atoms with Crippen molar-refractivity contribution in [1.82, 2.24) is 5.32 Å². The molecule has 2 heterocycles. The second-order valence-corrected chi connectivity index (χ2v) is 4.30. The molecule has 0 aliphatic carbocycles. The minimum Gasteiger partial charge on any atom is -0.391 e. The molecule has 2 saturated heterocycles. The molecule has 3 nitrogen and oxygen atoms in total. The average molecular weight is 185 g/mol. The molecule has 3 atom stereocenters. The Morgan fingerprint density at radius 1 is 1.38 bits per heavy atom. The molecule has 0 bridgehead atoms. The number of hydrogen-bond donors (Lipinski definition) is 2. The van der Waals surface area contributed by atoms with Gasteiger partial charge < -0.3 is 15.2 Å². The molecule has 76 valence electrons. The number of aliphatic hydroxyl groups excluding tert-OH is 1. The SMILES string of the molecule is O[C@@H]1CNC[C@H]1CC1CCCOC1. The maximum Gasteiger partial charge on any atom is 0.0704 e. The van der Waals surface area contributed by atoms with Crippen LogP contribution in [0.3, 0.4) is 0 Å². The van der Waals surface area contributed by atoms with E-state index in [2.05, 4.69) is 5.32 Å². The molecule has 0 radical (unpaired) electrons. The lowest BCUT2D eigenvalue weighted by atomic mass is 9.89. The standard InChI is InChI=1S/C10H19NO2/c12-10-6-11-5-9(10)4-8-2-1-3-13-7-8/h8-12H,1-7H2/t8?,9-,10-/m1/s1. The van der Waals surface area contributed by atoms with Gasteiger partial charge in [-0.25, -0.2) is 0 Å². The summed E-state index contributed by atoms with van der Waals surface area (Å²) in [4.78, 5) is 0. The molecule has 1 unspecified atom stereocenters. The lowest BCUT2D eigenvalue weighted by Crippen LogP contribution is -2.25. The fourth-order valence-electron chi connectivity index (χ4n) is 2.38. The van der Waals surface area contributed by atoms with Gasteiger partial charge in [-0.05, 0) is 31.1 Å². The van der Waals surface area contributed by atoms with Crippen LogP contribution in [0.1, 0.15) is 19.3 Å². The van der Waals surface area contributed by atoms with Crippen LogP contribution in [0.2, 0.25) is 0 Å². The second kappa shape index (κ2) is 4.40. The van der Waals surface area contributed by atoms with Crippen molar-refractivity contribution < 1.29 is 9.84 Å². The van der Waals surface area contributed by atoms with Gasteiger partial charge in [0.25, 0.3) is 0 Å². The summed E-state index contributed by atoms with van der Waals surface area (Å²) in [5.74, 6) is 1.15. The summed E-state index contributed by atoms with van der Waals surface area (Å²) < 4.78 is 5.43. The Balaban J connectivity index is 1.75. The molecule has 2 aliphatic rings. The molecule has 2 fully saturated rings. The molecule has 0 aromatic carbocycles. The van der Waals surface area contributed by atoms with E-state index in [0.717, 1.165) is 32.7 Å². The van der Waals surface area contributed by atoms with Gasteiger partial charge >= 0.3 is 0 Å². The largest absolute Gasteiger partial charge is 0.391 e. The monoisotopic (exact) mass is 185 g/mol. The molecule has 3 heteroatoms. The summed E-state index contributed by atoms with van der Waals surface area (Å²) in [7, 11) is 0. The highest BCUT2D eigenvalue weighted by Crippen LogP contribution is 2.24. The maximum atomic E-state index is 9.62. The highest BCUT2D eigenvalue weighted by atomic mass is 16.5. The second-order valence-electron chi connectivity index (χ2n) is 4.30. The van der Waals surface area contributed by atoms with E-state index < -0.39 is 0 Å². The zero-order valence-corrected chi connectivity index (χ0v) is 8.04. The smallest absolute Gasteiger partial charge is 0.0704 e. The molecular formula is C10H19NO2. The van der Waals surface area contributed by atoms with Crippen LogP contribution in [0.5, 0.6) is 0 Å². The predicted molar refractivity (Wildman–Crippen MR) is 50.5 cm³/mol. The van der Waals surface area contributed by atoms with Crippen LogP contribution in [0.15, 0.2) is 0 Å². The number of rotatable bonds is 2.